The molecule has 0 amide bonds. The third-order valence-electron chi connectivity index (χ3n) is 2.77. The third-order valence-corrected chi connectivity index (χ3v) is 3.73. The number of nitrogens with zero attached hydrogens (tertiary/aromatic N) is 2. The highest BCUT2D eigenvalue weighted by Gasteiger charge is 2.15. The summed E-state index contributed by atoms with van der Waals surface area (Å²) in [5.41, 5.74) is 7.72. The first-order chi connectivity index (χ1) is 9.85. The summed E-state index contributed by atoms with van der Waals surface area (Å²) in [5.74, 6) is -1.23. The van der Waals surface area contributed by atoms with Gasteiger partial charge < -0.3 is 5.73 Å². The fraction of sp³-hybridized carbons (Fsp3) is 0.333. The summed E-state index contributed by atoms with van der Waals surface area (Å²) < 4.78 is 28.2. The maximum Gasteiger partial charge on any atom is 0.193 e. The first kappa shape index (κ1) is 15.9. The van der Waals surface area contributed by atoms with Crippen LogP contribution in [0.25, 0.3) is 0 Å². The smallest absolute Gasteiger partial charge is 0.193 e. The van der Waals surface area contributed by atoms with Gasteiger partial charge in [0.2, 0.25) is 0 Å². The van der Waals surface area contributed by atoms with E-state index in [9.17, 15) is 8.78 Å². The van der Waals surface area contributed by atoms with E-state index in [-0.39, 0.29) is 10.9 Å². The van der Waals surface area contributed by atoms with Gasteiger partial charge in [-0.15, -0.1) is 0 Å². The van der Waals surface area contributed by atoms with Crippen LogP contribution >= 0.6 is 11.8 Å². The molecule has 112 valence electrons. The Kier molecular flexibility index (Phi) is 4.90. The SMILES string of the molecule is Cc1cc(C)nc(Sc2c(F)cc(CC(C)N)cc2F)n1. The minimum absolute atomic E-state index is 0.0894. The van der Waals surface area contributed by atoms with Crippen LogP contribution in [0.15, 0.2) is 28.3 Å². The monoisotopic (exact) mass is 309 g/mol. The number of aromatic nitrogens is 2. The van der Waals surface area contributed by atoms with Crippen molar-refractivity contribution in [3.63, 3.8) is 0 Å². The minimum atomic E-state index is -0.613. The van der Waals surface area contributed by atoms with E-state index in [0.29, 0.717) is 17.1 Å². The number of aryl methyl sites for hydroxylation is 2. The van der Waals surface area contributed by atoms with Gasteiger partial charge in [-0.2, -0.15) is 0 Å². The Morgan fingerprint density at radius 2 is 1.62 bits per heavy atom. The normalized spacial score (nSPS) is 12.5. The van der Waals surface area contributed by atoms with E-state index in [2.05, 4.69) is 9.97 Å². The Morgan fingerprint density at radius 3 is 2.10 bits per heavy atom. The second kappa shape index (κ2) is 6.49. The Morgan fingerprint density at radius 1 is 1.10 bits per heavy atom. The van der Waals surface area contributed by atoms with Crippen LogP contribution in [0.3, 0.4) is 0 Å². The molecule has 2 rings (SSSR count). The van der Waals surface area contributed by atoms with Crippen LogP contribution in [0.4, 0.5) is 8.78 Å². The summed E-state index contributed by atoms with van der Waals surface area (Å²) in [6.07, 6.45) is 0.429. The third kappa shape index (κ3) is 4.22. The van der Waals surface area contributed by atoms with Crippen LogP contribution in [-0.4, -0.2) is 16.0 Å². The zero-order valence-electron chi connectivity index (χ0n) is 12.2. The summed E-state index contributed by atoms with van der Waals surface area (Å²) in [6.45, 7) is 5.43. The second-order valence-corrected chi connectivity index (χ2v) is 6.08. The molecule has 0 fully saturated rings. The predicted octanol–water partition coefficient (Wildman–Crippen LogP) is 3.41. The lowest BCUT2D eigenvalue weighted by Gasteiger charge is -2.09. The molecule has 0 aliphatic rings. The largest absolute Gasteiger partial charge is 0.328 e. The lowest BCUT2D eigenvalue weighted by Crippen LogP contribution is -2.18. The van der Waals surface area contributed by atoms with Gasteiger partial charge in [-0.25, -0.2) is 18.7 Å². The first-order valence-electron chi connectivity index (χ1n) is 6.59. The first-order valence-corrected chi connectivity index (χ1v) is 7.40. The molecule has 1 heterocycles. The van der Waals surface area contributed by atoms with Crippen LogP contribution < -0.4 is 5.73 Å². The molecule has 1 unspecified atom stereocenters. The summed E-state index contributed by atoms with van der Waals surface area (Å²) in [5, 5.41) is 0.338. The van der Waals surface area contributed by atoms with E-state index in [1.165, 1.54) is 12.1 Å². The van der Waals surface area contributed by atoms with Gasteiger partial charge in [-0.1, -0.05) is 0 Å². The summed E-state index contributed by atoms with van der Waals surface area (Å²) in [4.78, 5) is 8.27. The second-order valence-electron chi connectivity index (χ2n) is 5.11. The van der Waals surface area contributed by atoms with Crippen molar-refractivity contribution in [2.45, 2.75) is 43.3 Å². The summed E-state index contributed by atoms with van der Waals surface area (Å²) in [6, 6.07) is 4.29. The highest BCUT2D eigenvalue weighted by atomic mass is 32.2. The molecular formula is C15H17F2N3S. The van der Waals surface area contributed by atoms with Gasteiger partial charge in [0.15, 0.2) is 5.16 Å². The highest BCUT2D eigenvalue weighted by molar-refractivity contribution is 7.99. The highest BCUT2D eigenvalue weighted by Crippen LogP contribution is 2.31. The Labute approximate surface area is 127 Å². The van der Waals surface area contributed by atoms with Gasteiger partial charge in [0.25, 0.3) is 0 Å². The molecule has 21 heavy (non-hydrogen) atoms. The van der Waals surface area contributed by atoms with Crippen molar-refractivity contribution < 1.29 is 8.78 Å². The van der Waals surface area contributed by atoms with Crippen molar-refractivity contribution in [3.05, 3.63) is 46.8 Å². The van der Waals surface area contributed by atoms with Crippen molar-refractivity contribution in [1.29, 1.82) is 0 Å². The molecule has 0 aliphatic heterocycles. The van der Waals surface area contributed by atoms with E-state index in [1.807, 2.05) is 19.9 Å². The topological polar surface area (TPSA) is 51.8 Å². The van der Waals surface area contributed by atoms with Crippen LogP contribution in [-0.2, 0) is 6.42 Å². The summed E-state index contributed by atoms with van der Waals surface area (Å²) in [7, 11) is 0. The van der Waals surface area contributed by atoms with E-state index in [1.54, 1.807) is 6.92 Å². The fourth-order valence-corrected chi connectivity index (χ4v) is 2.90. The number of hydrogen-bond donors (Lipinski definition) is 1. The van der Waals surface area contributed by atoms with Gasteiger partial charge in [-0.05, 0) is 62.7 Å². The molecule has 2 aromatic rings. The van der Waals surface area contributed by atoms with Crippen LogP contribution in [0.5, 0.6) is 0 Å². The maximum atomic E-state index is 14.1. The molecule has 0 saturated carbocycles. The number of benzene rings is 1. The lowest BCUT2D eigenvalue weighted by molar-refractivity contribution is 0.535. The molecule has 0 spiro atoms. The molecule has 1 aromatic carbocycles. The van der Waals surface area contributed by atoms with Crippen LogP contribution in [0.2, 0.25) is 0 Å². The fourth-order valence-electron chi connectivity index (χ4n) is 2.03. The number of hydrogen-bond acceptors (Lipinski definition) is 4. The molecule has 0 saturated heterocycles. The lowest BCUT2D eigenvalue weighted by atomic mass is 10.1. The van der Waals surface area contributed by atoms with Crippen molar-refractivity contribution in [3.8, 4) is 0 Å². The number of halogens is 2. The van der Waals surface area contributed by atoms with Gasteiger partial charge in [0, 0.05) is 17.4 Å². The summed E-state index contributed by atoms with van der Waals surface area (Å²) >= 11 is 0.893. The zero-order valence-corrected chi connectivity index (χ0v) is 13.0. The van der Waals surface area contributed by atoms with Crippen LogP contribution in [0.1, 0.15) is 23.9 Å². The van der Waals surface area contributed by atoms with Gasteiger partial charge in [0.1, 0.15) is 11.6 Å². The number of nitrogens with two attached hydrogens (primary N) is 1. The minimum Gasteiger partial charge on any atom is -0.328 e. The van der Waals surface area contributed by atoms with Crippen molar-refractivity contribution in [1.82, 2.24) is 9.97 Å². The molecular weight excluding hydrogens is 292 g/mol. The van der Waals surface area contributed by atoms with Crippen LogP contribution in [0, 0.1) is 25.5 Å². The van der Waals surface area contributed by atoms with Gasteiger partial charge in [-0.3, -0.25) is 0 Å². The molecule has 0 aliphatic carbocycles. The van der Waals surface area contributed by atoms with Gasteiger partial charge >= 0.3 is 0 Å². The zero-order chi connectivity index (χ0) is 15.6. The molecule has 1 aromatic heterocycles. The quantitative estimate of drug-likeness (QED) is 0.879. The van der Waals surface area contributed by atoms with Crippen molar-refractivity contribution in [2.75, 3.05) is 0 Å². The molecule has 0 bridgehead atoms. The predicted molar refractivity (Wildman–Crippen MR) is 79.3 cm³/mol. The average molecular weight is 309 g/mol. The van der Waals surface area contributed by atoms with Gasteiger partial charge in [0.05, 0.1) is 4.90 Å². The standard InChI is InChI=1S/C15H17F2N3S/c1-8(18)4-11-6-12(16)14(13(17)7-11)21-15-19-9(2)5-10(3)20-15/h5-8H,4,18H2,1-3H3. The van der Waals surface area contributed by atoms with Crippen molar-refractivity contribution in [2.24, 2.45) is 5.73 Å². The Hall–Kier alpha value is -1.53. The molecule has 6 heteroatoms. The van der Waals surface area contributed by atoms with E-state index in [4.69, 9.17) is 5.73 Å². The number of rotatable bonds is 4. The molecule has 2 N–H and O–H groups in total. The maximum absolute atomic E-state index is 14.1. The average Bonchev–Trinajstić information content (AvgIpc) is 2.31. The van der Waals surface area contributed by atoms with E-state index >= 15 is 0 Å². The Bertz CT molecular complexity index is 616. The van der Waals surface area contributed by atoms with E-state index < -0.39 is 11.6 Å². The molecule has 3 nitrogen and oxygen atoms in total. The molecule has 1 atom stereocenters. The van der Waals surface area contributed by atoms with Crippen molar-refractivity contribution >= 4 is 11.8 Å². The van der Waals surface area contributed by atoms with E-state index in [0.717, 1.165) is 23.1 Å². The Balaban J connectivity index is 2.31. The molecule has 0 radical (unpaired) electrons.